The van der Waals surface area contributed by atoms with Crippen LogP contribution < -0.4 is 5.32 Å². The highest BCUT2D eigenvalue weighted by atomic mass is 16.5. The van der Waals surface area contributed by atoms with E-state index in [0.717, 1.165) is 11.1 Å². The molecule has 1 N–H and O–H groups in total. The molecule has 0 aromatic carbocycles. The van der Waals surface area contributed by atoms with Gasteiger partial charge in [0.25, 0.3) is 0 Å². The maximum absolute atomic E-state index is 11.3. The van der Waals surface area contributed by atoms with E-state index >= 15 is 0 Å². The number of amides is 1. The minimum absolute atomic E-state index is 0.0237. The van der Waals surface area contributed by atoms with E-state index in [1.54, 1.807) is 7.05 Å². The molecule has 2 bridgehead atoms. The summed E-state index contributed by atoms with van der Waals surface area (Å²) in [6.07, 6.45) is 3.87. The number of hydrogen-bond donors (Lipinski definition) is 1. The number of ether oxygens (including phenoxy) is 1. The van der Waals surface area contributed by atoms with Crippen molar-refractivity contribution in [1.82, 2.24) is 5.32 Å². The third-order valence-corrected chi connectivity index (χ3v) is 2.36. The second kappa shape index (κ2) is 2.45. The summed E-state index contributed by atoms with van der Waals surface area (Å²) in [5.74, 6) is -0.0237. The van der Waals surface area contributed by atoms with Gasteiger partial charge in [-0.25, -0.2) is 0 Å². The highest BCUT2D eigenvalue weighted by molar-refractivity contribution is 5.96. The Balaban J connectivity index is 2.32. The summed E-state index contributed by atoms with van der Waals surface area (Å²) in [6.45, 7) is 1.94. The Morgan fingerprint density at radius 2 is 2.17 bits per heavy atom. The Hall–Kier alpha value is -1.09. The van der Waals surface area contributed by atoms with Gasteiger partial charge in [0.05, 0.1) is 11.7 Å². The van der Waals surface area contributed by atoms with Crippen molar-refractivity contribution in [3.05, 3.63) is 23.3 Å². The second-order valence-corrected chi connectivity index (χ2v) is 3.04. The predicted octanol–water partition coefficient (Wildman–Crippen LogP) is 0.386. The van der Waals surface area contributed by atoms with Crippen molar-refractivity contribution in [2.24, 2.45) is 0 Å². The Morgan fingerprint density at radius 1 is 1.50 bits per heavy atom. The van der Waals surface area contributed by atoms with Crippen LogP contribution in [-0.2, 0) is 9.53 Å². The Bertz CT molecular complexity index is 291. The quantitative estimate of drug-likeness (QED) is 0.571. The van der Waals surface area contributed by atoms with E-state index in [0.29, 0.717) is 0 Å². The van der Waals surface area contributed by atoms with Crippen molar-refractivity contribution in [2.45, 2.75) is 19.1 Å². The third-order valence-electron chi connectivity index (χ3n) is 2.36. The first-order valence-corrected chi connectivity index (χ1v) is 4.00. The van der Waals surface area contributed by atoms with Gasteiger partial charge in [-0.1, -0.05) is 12.2 Å². The van der Waals surface area contributed by atoms with Crippen LogP contribution in [-0.4, -0.2) is 25.2 Å². The van der Waals surface area contributed by atoms with Gasteiger partial charge in [0.1, 0.15) is 6.10 Å². The zero-order chi connectivity index (χ0) is 8.72. The standard InChI is InChI=1S/C9H11NO2/c1-5-6-3-4-7(12-6)8(5)9(11)10-2/h3-4,6-7H,1-2H3,(H,10,11). The van der Waals surface area contributed by atoms with Crippen LogP contribution in [0.4, 0.5) is 0 Å². The molecule has 2 aliphatic rings. The van der Waals surface area contributed by atoms with Crippen LogP contribution in [0.25, 0.3) is 0 Å². The number of carbonyl (C=O) groups is 1. The maximum atomic E-state index is 11.3. The number of likely N-dealkylation sites (N-methyl/N-ethyl adjacent to an activating group) is 1. The summed E-state index contributed by atoms with van der Waals surface area (Å²) in [6, 6.07) is 0. The van der Waals surface area contributed by atoms with Gasteiger partial charge in [-0.15, -0.1) is 0 Å². The number of nitrogens with one attached hydrogen (secondary N) is 1. The van der Waals surface area contributed by atoms with Gasteiger partial charge in [0.15, 0.2) is 0 Å². The largest absolute Gasteiger partial charge is 0.358 e. The van der Waals surface area contributed by atoms with Crippen molar-refractivity contribution in [1.29, 1.82) is 0 Å². The molecule has 3 nitrogen and oxygen atoms in total. The number of carbonyl (C=O) groups excluding carboxylic acids is 1. The molecule has 2 aliphatic heterocycles. The number of hydrogen-bond acceptors (Lipinski definition) is 2. The number of fused-ring (bicyclic) bond motifs is 2. The van der Waals surface area contributed by atoms with Crippen molar-refractivity contribution in [3.63, 3.8) is 0 Å². The summed E-state index contributed by atoms with van der Waals surface area (Å²) in [4.78, 5) is 11.3. The number of rotatable bonds is 1. The summed E-state index contributed by atoms with van der Waals surface area (Å²) < 4.78 is 5.47. The molecule has 0 spiro atoms. The normalized spacial score (nSPS) is 31.5. The smallest absolute Gasteiger partial charge is 0.249 e. The average molecular weight is 165 g/mol. The van der Waals surface area contributed by atoms with Crippen LogP contribution in [0, 0.1) is 0 Å². The minimum Gasteiger partial charge on any atom is -0.358 e. The van der Waals surface area contributed by atoms with Crippen molar-refractivity contribution in [2.75, 3.05) is 7.05 Å². The van der Waals surface area contributed by atoms with Crippen LogP contribution in [0.5, 0.6) is 0 Å². The van der Waals surface area contributed by atoms with Gasteiger partial charge in [0.2, 0.25) is 5.91 Å². The Morgan fingerprint density at radius 3 is 2.67 bits per heavy atom. The van der Waals surface area contributed by atoms with Gasteiger partial charge in [-0.3, -0.25) is 4.79 Å². The lowest BCUT2D eigenvalue weighted by atomic mass is 9.98. The van der Waals surface area contributed by atoms with Crippen molar-refractivity contribution >= 4 is 5.91 Å². The molecule has 2 heterocycles. The Labute approximate surface area is 71.1 Å². The van der Waals surface area contributed by atoms with Crippen molar-refractivity contribution < 1.29 is 9.53 Å². The highest BCUT2D eigenvalue weighted by Crippen LogP contribution is 2.33. The molecule has 1 amide bonds. The van der Waals surface area contributed by atoms with Gasteiger partial charge in [-0.05, 0) is 12.5 Å². The van der Waals surface area contributed by atoms with E-state index in [4.69, 9.17) is 4.74 Å². The fraction of sp³-hybridized carbons (Fsp3) is 0.444. The molecule has 2 rings (SSSR count). The molecule has 0 aromatic heterocycles. The molecule has 3 heteroatoms. The van der Waals surface area contributed by atoms with E-state index in [-0.39, 0.29) is 18.1 Å². The van der Waals surface area contributed by atoms with E-state index < -0.39 is 0 Å². The molecule has 0 aromatic rings. The molecule has 0 saturated carbocycles. The van der Waals surface area contributed by atoms with E-state index in [9.17, 15) is 4.79 Å². The fourth-order valence-electron chi connectivity index (χ4n) is 1.68. The van der Waals surface area contributed by atoms with Gasteiger partial charge >= 0.3 is 0 Å². The first-order valence-electron chi connectivity index (χ1n) is 4.00. The molecule has 2 unspecified atom stereocenters. The molecule has 0 saturated heterocycles. The maximum Gasteiger partial charge on any atom is 0.249 e. The summed E-state index contributed by atoms with van der Waals surface area (Å²) in [5, 5.41) is 2.61. The van der Waals surface area contributed by atoms with Crippen LogP contribution in [0.15, 0.2) is 23.3 Å². The third kappa shape index (κ3) is 0.830. The van der Waals surface area contributed by atoms with Gasteiger partial charge in [-0.2, -0.15) is 0 Å². The summed E-state index contributed by atoms with van der Waals surface area (Å²) in [5.41, 5.74) is 1.83. The summed E-state index contributed by atoms with van der Waals surface area (Å²) >= 11 is 0. The molecule has 0 aliphatic carbocycles. The van der Waals surface area contributed by atoms with Gasteiger partial charge < -0.3 is 10.1 Å². The first-order chi connectivity index (χ1) is 5.74. The lowest BCUT2D eigenvalue weighted by Crippen LogP contribution is -2.25. The highest BCUT2D eigenvalue weighted by Gasteiger charge is 2.36. The van der Waals surface area contributed by atoms with E-state index in [2.05, 4.69) is 5.32 Å². The second-order valence-electron chi connectivity index (χ2n) is 3.04. The molecule has 2 atom stereocenters. The Kier molecular flexibility index (Phi) is 1.54. The molecular formula is C9H11NO2. The predicted molar refractivity (Wildman–Crippen MR) is 44.6 cm³/mol. The fourth-order valence-corrected chi connectivity index (χ4v) is 1.68. The van der Waals surface area contributed by atoms with Crippen LogP contribution in [0.1, 0.15) is 6.92 Å². The zero-order valence-corrected chi connectivity index (χ0v) is 7.13. The molecular weight excluding hydrogens is 154 g/mol. The van der Waals surface area contributed by atoms with Crippen LogP contribution in [0.2, 0.25) is 0 Å². The van der Waals surface area contributed by atoms with E-state index in [1.165, 1.54) is 0 Å². The minimum atomic E-state index is -0.102. The topological polar surface area (TPSA) is 38.3 Å². The van der Waals surface area contributed by atoms with Gasteiger partial charge in [0, 0.05) is 7.05 Å². The average Bonchev–Trinajstić information content (AvgIpc) is 2.63. The molecule has 0 fully saturated rings. The monoisotopic (exact) mass is 165 g/mol. The van der Waals surface area contributed by atoms with Crippen molar-refractivity contribution in [3.8, 4) is 0 Å². The SMILES string of the molecule is CNC(=O)C1=C(C)C2C=CC1O2. The van der Waals surface area contributed by atoms with Crippen LogP contribution >= 0.6 is 0 Å². The van der Waals surface area contributed by atoms with Crippen LogP contribution in [0.3, 0.4) is 0 Å². The molecule has 64 valence electrons. The van der Waals surface area contributed by atoms with E-state index in [1.807, 2.05) is 19.1 Å². The summed E-state index contributed by atoms with van der Waals surface area (Å²) in [7, 11) is 1.64. The molecule has 12 heavy (non-hydrogen) atoms. The zero-order valence-electron chi connectivity index (χ0n) is 7.13. The first kappa shape index (κ1) is 7.55. The lowest BCUT2D eigenvalue weighted by Gasteiger charge is -2.07. The molecule has 0 radical (unpaired) electrons. The lowest BCUT2D eigenvalue weighted by molar-refractivity contribution is -0.117.